The van der Waals surface area contributed by atoms with E-state index >= 15 is 0 Å². The maximum Gasteiger partial charge on any atom is 0.415 e. The molecule has 0 aromatic rings. The van der Waals surface area contributed by atoms with E-state index in [1.54, 1.807) is 39.0 Å². The highest BCUT2D eigenvalue weighted by Crippen LogP contribution is 2.16. The van der Waals surface area contributed by atoms with Crippen LogP contribution in [0.5, 0.6) is 0 Å². The molecule has 21 heavy (non-hydrogen) atoms. The third kappa shape index (κ3) is 5.99. The van der Waals surface area contributed by atoms with Gasteiger partial charge in [-0.05, 0) is 39.7 Å². The van der Waals surface area contributed by atoms with Gasteiger partial charge in [0.2, 0.25) is 0 Å². The van der Waals surface area contributed by atoms with Crippen molar-refractivity contribution in [3.63, 3.8) is 0 Å². The lowest BCUT2D eigenvalue weighted by molar-refractivity contribution is -0.147. The van der Waals surface area contributed by atoms with E-state index in [0.29, 0.717) is 12.8 Å². The minimum Gasteiger partial charge on any atom is -0.464 e. The highest BCUT2D eigenvalue weighted by atomic mass is 16.6. The van der Waals surface area contributed by atoms with Crippen molar-refractivity contribution in [2.45, 2.75) is 45.3 Å². The number of hydrogen-bond donors (Lipinski definition) is 1. The van der Waals surface area contributed by atoms with Crippen molar-refractivity contribution in [3.05, 3.63) is 24.4 Å². The summed E-state index contributed by atoms with van der Waals surface area (Å²) in [6.07, 6.45) is 6.97. The smallest absolute Gasteiger partial charge is 0.415 e. The van der Waals surface area contributed by atoms with Gasteiger partial charge >= 0.3 is 12.1 Å². The minimum atomic E-state index is -0.820. The summed E-state index contributed by atoms with van der Waals surface area (Å²) < 4.78 is 10.4. The van der Waals surface area contributed by atoms with Gasteiger partial charge in [-0.25, -0.2) is 9.59 Å². The third-order valence-corrected chi connectivity index (χ3v) is 2.59. The number of carbonyl (C=O) groups excluding carboxylic acids is 2. The molecule has 0 unspecified atom stereocenters. The first-order valence-corrected chi connectivity index (χ1v) is 6.99. The highest BCUT2D eigenvalue weighted by Gasteiger charge is 2.31. The molecule has 0 aliphatic carbocycles. The molecule has 6 nitrogen and oxygen atoms in total. The fourth-order valence-corrected chi connectivity index (χ4v) is 1.65. The van der Waals surface area contributed by atoms with Crippen LogP contribution in [-0.4, -0.2) is 46.9 Å². The molecule has 1 aliphatic heterocycles. The van der Waals surface area contributed by atoms with Crippen LogP contribution in [0.25, 0.3) is 0 Å². The van der Waals surface area contributed by atoms with Gasteiger partial charge < -0.3 is 14.6 Å². The van der Waals surface area contributed by atoms with Crippen LogP contribution < -0.4 is 0 Å². The van der Waals surface area contributed by atoms with Crippen LogP contribution in [0.2, 0.25) is 0 Å². The van der Waals surface area contributed by atoms with Crippen molar-refractivity contribution >= 4 is 12.1 Å². The Morgan fingerprint density at radius 3 is 2.57 bits per heavy atom. The number of rotatable bonds is 5. The zero-order valence-electron chi connectivity index (χ0n) is 12.7. The van der Waals surface area contributed by atoms with Crippen LogP contribution in [0, 0.1) is 0 Å². The van der Waals surface area contributed by atoms with E-state index < -0.39 is 23.7 Å². The van der Waals surface area contributed by atoms with E-state index in [1.807, 2.05) is 0 Å². The Morgan fingerprint density at radius 1 is 1.24 bits per heavy atom. The normalized spacial score (nSPS) is 17.7. The first-order valence-electron chi connectivity index (χ1n) is 6.99. The summed E-state index contributed by atoms with van der Waals surface area (Å²) in [5.74, 6) is -0.514. The molecule has 118 valence electrons. The van der Waals surface area contributed by atoms with Gasteiger partial charge in [0.05, 0.1) is 6.61 Å². The van der Waals surface area contributed by atoms with Gasteiger partial charge in [0.1, 0.15) is 5.60 Å². The second-order valence-electron chi connectivity index (χ2n) is 5.66. The van der Waals surface area contributed by atoms with Crippen molar-refractivity contribution in [1.29, 1.82) is 0 Å². The summed E-state index contributed by atoms with van der Waals surface area (Å²) in [6.45, 7) is 5.56. The molecule has 0 aromatic carbocycles. The Hall–Kier alpha value is -1.82. The van der Waals surface area contributed by atoms with E-state index in [0.717, 1.165) is 0 Å². The highest BCUT2D eigenvalue weighted by molar-refractivity contribution is 5.84. The Kier molecular flexibility index (Phi) is 6.42. The number of ether oxygens (including phenoxy) is 2. The number of esters is 1. The van der Waals surface area contributed by atoms with E-state index in [9.17, 15) is 9.59 Å². The van der Waals surface area contributed by atoms with Crippen LogP contribution in [0.15, 0.2) is 24.4 Å². The molecule has 1 amide bonds. The molecule has 1 atom stereocenters. The third-order valence-electron chi connectivity index (χ3n) is 2.59. The van der Waals surface area contributed by atoms with Gasteiger partial charge in [-0.3, -0.25) is 4.90 Å². The fraction of sp³-hybridized carbons (Fsp3) is 0.600. The van der Waals surface area contributed by atoms with Crippen molar-refractivity contribution in [3.8, 4) is 0 Å². The van der Waals surface area contributed by atoms with E-state index in [1.165, 1.54) is 11.1 Å². The standard InChI is InChI=1S/C15H23NO5/c1-15(2,3)21-14(19)16-9-5-4-8-12(16)13(18)20-11-7-6-10-17/h4-5,8-9,12,17H,6-7,10-11H2,1-3H3/t12-/m0/s1. The van der Waals surface area contributed by atoms with Crippen LogP contribution in [-0.2, 0) is 14.3 Å². The Bertz CT molecular complexity index is 422. The molecule has 1 aliphatic rings. The Morgan fingerprint density at radius 2 is 1.95 bits per heavy atom. The molecule has 0 spiro atoms. The summed E-state index contributed by atoms with van der Waals surface area (Å²) in [6, 6.07) is -0.820. The number of hydrogen-bond acceptors (Lipinski definition) is 5. The summed E-state index contributed by atoms with van der Waals surface area (Å²) in [5.41, 5.74) is -0.637. The largest absolute Gasteiger partial charge is 0.464 e. The molecule has 0 bridgehead atoms. The lowest BCUT2D eigenvalue weighted by atomic mass is 10.2. The lowest BCUT2D eigenvalue weighted by Crippen LogP contribution is -2.44. The summed E-state index contributed by atoms with van der Waals surface area (Å²) >= 11 is 0. The molecule has 1 heterocycles. The number of allylic oxidation sites excluding steroid dienone is 2. The average molecular weight is 297 g/mol. The first kappa shape index (κ1) is 17.2. The second kappa shape index (κ2) is 7.83. The van der Waals surface area contributed by atoms with Crippen LogP contribution in [0.3, 0.4) is 0 Å². The molecular weight excluding hydrogens is 274 g/mol. The molecular formula is C15H23NO5. The fourth-order valence-electron chi connectivity index (χ4n) is 1.65. The predicted octanol–water partition coefficient (Wildman–Crippen LogP) is 1.99. The van der Waals surface area contributed by atoms with Crippen LogP contribution >= 0.6 is 0 Å². The van der Waals surface area contributed by atoms with Crippen molar-refractivity contribution in [1.82, 2.24) is 4.90 Å². The maximum atomic E-state index is 12.1. The number of unbranched alkanes of at least 4 members (excludes halogenated alkanes) is 1. The number of carbonyl (C=O) groups is 2. The van der Waals surface area contributed by atoms with Gasteiger partial charge in [-0.15, -0.1) is 0 Å². The molecule has 1 rings (SSSR count). The molecule has 1 N–H and O–H groups in total. The molecule has 6 heteroatoms. The van der Waals surface area contributed by atoms with Gasteiger partial charge in [0.15, 0.2) is 6.04 Å². The topological polar surface area (TPSA) is 76.1 Å². The van der Waals surface area contributed by atoms with Gasteiger partial charge in [-0.1, -0.05) is 12.2 Å². The quantitative estimate of drug-likeness (QED) is 0.620. The van der Waals surface area contributed by atoms with Gasteiger partial charge in [0, 0.05) is 12.8 Å². The zero-order chi connectivity index (χ0) is 15.9. The van der Waals surface area contributed by atoms with E-state index in [-0.39, 0.29) is 13.2 Å². The molecule has 0 aromatic heterocycles. The van der Waals surface area contributed by atoms with Crippen molar-refractivity contribution in [2.75, 3.05) is 13.2 Å². The number of aliphatic hydroxyl groups is 1. The van der Waals surface area contributed by atoms with Crippen molar-refractivity contribution < 1.29 is 24.2 Å². The summed E-state index contributed by atoms with van der Waals surface area (Å²) in [7, 11) is 0. The van der Waals surface area contributed by atoms with Crippen LogP contribution in [0.4, 0.5) is 4.79 Å². The number of nitrogens with zero attached hydrogens (tertiary/aromatic N) is 1. The Balaban J connectivity index is 2.61. The van der Waals surface area contributed by atoms with Gasteiger partial charge in [-0.2, -0.15) is 0 Å². The SMILES string of the molecule is CC(C)(C)OC(=O)N1C=CC=C[C@H]1C(=O)OCCCCO. The summed E-state index contributed by atoms with van der Waals surface area (Å²) in [5, 5.41) is 8.67. The summed E-state index contributed by atoms with van der Waals surface area (Å²) in [4.78, 5) is 25.3. The van der Waals surface area contributed by atoms with E-state index in [4.69, 9.17) is 14.6 Å². The Labute approximate surface area is 125 Å². The minimum absolute atomic E-state index is 0.0631. The monoisotopic (exact) mass is 297 g/mol. The van der Waals surface area contributed by atoms with Gasteiger partial charge in [0.25, 0.3) is 0 Å². The average Bonchev–Trinajstić information content (AvgIpc) is 2.41. The second-order valence-corrected chi connectivity index (χ2v) is 5.66. The molecule has 0 fully saturated rings. The number of amides is 1. The first-order chi connectivity index (χ1) is 9.85. The lowest BCUT2D eigenvalue weighted by Gasteiger charge is -2.29. The number of aliphatic hydroxyl groups excluding tert-OH is 1. The van der Waals surface area contributed by atoms with Crippen LogP contribution in [0.1, 0.15) is 33.6 Å². The molecule has 0 saturated heterocycles. The van der Waals surface area contributed by atoms with Crippen molar-refractivity contribution in [2.24, 2.45) is 0 Å². The predicted molar refractivity (Wildman–Crippen MR) is 77.4 cm³/mol. The maximum absolute atomic E-state index is 12.1. The van der Waals surface area contributed by atoms with E-state index in [2.05, 4.69) is 0 Å². The zero-order valence-corrected chi connectivity index (χ0v) is 12.7. The molecule has 0 saturated carbocycles. The molecule has 0 radical (unpaired) electrons.